The summed E-state index contributed by atoms with van der Waals surface area (Å²) in [6.07, 6.45) is -0.118. The Balaban J connectivity index is 5.19. The number of alkyl carbamates (subject to hydrolysis) is 1. The van der Waals surface area contributed by atoms with Crippen molar-refractivity contribution >= 4 is 28.6 Å². The van der Waals surface area contributed by atoms with Gasteiger partial charge in [-0.1, -0.05) is 53.7 Å². The zero-order chi connectivity index (χ0) is 26.3. The van der Waals surface area contributed by atoms with E-state index in [0.717, 1.165) is 10.6 Å². The molecule has 1 N–H and O–H groups in total. The standard InChI is InChI=1S/C23H48N2O6Si2/c1-18(14-15-30-32(10,11)22(2,3)4)19(16-31-33(12,13)23(5,6)7)24-21(27)29-17-20(26)25(8)28-9/h19H,1,14-17H2,2-13H3,(H,24,27). The van der Waals surface area contributed by atoms with Crippen molar-refractivity contribution in [3.63, 3.8) is 0 Å². The molecule has 0 bridgehead atoms. The summed E-state index contributed by atoms with van der Waals surface area (Å²) >= 11 is 0. The van der Waals surface area contributed by atoms with E-state index in [-0.39, 0.29) is 16.7 Å². The van der Waals surface area contributed by atoms with Crippen molar-refractivity contribution in [2.45, 2.75) is 90.3 Å². The average molecular weight is 505 g/mol. The van der Waals surface area contributed by atoms with Crippen molar-refractivity contribution in [3.8, 4) is 0 Å². The average Bonchev–Trinajstić information content (AvgIpc) is 2.66. The number of hydroxylamine groups is 2. The molecule has 0 aliphatic heterocycles. The zero-order valence-electron chi connectivity index (χ0n) is 23.0. The van der Waals surface area contributed by atoms with Gasteiger partial charge in [0.05, 0.1) is 19.8 Å². The fourth-order valence-corrected chi connectivity index (χ4v) is 4.16. The summed E-state index contributed by atoms with van der Waals surface area (Å²) in [5.41, 5.74) is 0.796. The number of hydrogen-bond acceptors (Lipinski definition) is 6. The first-order valence-electron chi connectivity index (χ1n) is 11.4. The molecule has 194 valence electrons. The number of nitrogens with zero attached hydrogens (tertiary/aromatic N) is 1. The van der Waals surface area contributed by atoms with Crippen LogP contribution in [-0.2, 0) is 23.2 Å². The molecule has 0 spiro atoms. The number of carbonyl (C=O) groups is 2. The molecule has 1 unspecified atom stereocenters. The summed E-state index contributed by atoms with van der Waals surface area (Å²) in [5.74, 6) is -0.469. The SMILES string of the molecule is C=C(CCO[Si](C)(C)C(C)(C)C)C(CO[Si](C)(C)C(C)(C)C)NC(=O)OCC(=O)N(C)OC. The van der Waals surface area contributed by atoms with Gasteiger partial charge in [-0.2, -0.15) is 0 Å². The summed E-state index contributed by atoms with van der Waals surface area (Å²) in [6, 6.07) is -0.454. The Kier molecular flexibility index (Phi) is 12.0. The van der Waals surface area contributed by atoms with Crippen LogP contribution in [0.3, 0.4) is 0 Å². The molecular weight excluding hydrogens is 456 g/mol. The van der Waals surface area contributed by atoms with E-state index in [9.17, 15) is 9.59 Å². The molecule has 10 heteroatoms. The summed E-state index contributed by atoms with van der Waals surface area (Å²) < 4.78 is 17.7. The Hall–Kier alpha value is -1.21. The lowest BCUT2D eigenvalue weighted by molar-refractivity contribution is -0.171. The number of amides is 2. The molecule has 0 aliphatic rings. The van der Waals surface area contributed by atoms with Crippen molar-refractivity contribution in [2.24, 2.45) is 0 Å². The molecule has 0 saturated carbocycles. The number of nitrogens with one attached hydrogen (secondary N) is 1. The number of rotatable bonds is 12. The lowest BCUT2D eigenvalue weighted by atomic mass is 10.1. The number of likely N-dealkylation sites (N-methyl/N-ethyl adjacent to an activating group) is 1. The fourth-order valence-electron chi connectivity index (χ4n) is 2.10. The van der Waals surface area contributed by atoms with Gasteiger partial charge in [0.15, 0.2) is 23.2 Å². The Labute approximate surface area is 203 Å². The monoisotopic (exact) mass is 504 g/mol. The lowest BCUT2D eigenvalue weighted by Gasteiger charge is -2.38. The summed E-state index contributed by atoms with van der Waals surface area (Å²) in [6.45, 7) is 26.4. The van der Waals surface area contributed by atoms with Crippen LogP contribution in [0.1, 0.15) is 48.0 Å². The minimum absolute atomic E-state index is 0.0298. The van der Waals surface area contributed by atoms with Gasteiger partial charge in [0.25, 0.3) is 5.91 Å². The van der Waals surface area contributed by atoms with Gasteiger partial charge in [-0.25, -0.2) is 9.86 Å². The lowest BCUT2D eigenvalue weighted by Crippen LogP contribution is -2.47. The van der Waals surface area contributed by atoms with Crippen molar-refractivity contribution < 1.29 is 28.0 Å². The predicted molar refractivity (Wildman–Crippen MR) is 138 cm³/mol. The highest BCUT2D eigenvalue weighted by molar-refractivity contribution is 6.74. The molecule has 33 heavy (non-hydrogen) atoms. The van der Waals surface area contributed by atoms with E-state index < -0.39 is 41.3 Å². The van der Waals surface area contributed by atoms with Gasteiger partial charge < -0.3 is 18.9 Å². The van der Waals surface area contributed by atoms with Gasteiger partial charge in [-0.3, -0.25) is 9.63 Å². The van der Waals surface area contributed by atoms with Crippen molar-refractivity contribution in [1.82, 2.24) is 10.4 Å². The molecule has 0 radical (unpaired) electrons. The number of carbonyl (C=O) groups excluding carboxylic acids is 2. The van der Waals surface area contributed by atoms with E-state index in [0.29, 0.717) is 13.0 Å². The van der Waals surface area contributed by atoms with Crippen LogP contribution < -0.4 is 5.32 Å². The third-order valence-corrected chi connectivity index (χ3v) is 15.9. The van der Waals surface area contributed by atoms with Crippen molar-refractivity contribution in [3.05, 3.63) is 12.2 Å². The largest absolute Gasteiger partial charge is 0.439 e. The predicted octanol–water partition coefficient (Wildman–Crippen LogP) is 5.09. The highest BCUT2D eigenvalue weighted by Gasteiger charge is 2.39. The third kappa shape index (κ3) is 10.7. The maximum Gasteiger partial charge on any atom is 0.408 e. The molecule has 2 amide bonds. The Morgan fingerprint density at radius 2 is 1.45 bits per heavy atom. The van der Waals surface area contributed by atoms with E-state index >= 15 is 0 Å². The smallest absolute Gasteiger partial charge is 0.408 e. The molecular formula is C23H48N2O6Si2. The Morgan fingerprint density at radius 3 is 1.91 bits per heavy atom. The first-order valence-corrected chi connectivity index (χ1v) is 17.3. The summed E-state index contributed by atoms with van der Waals surface area (Å²) in [7, 11) is -1.11. The first-order chi connectivity index (χ1) is 14.7. The van der Waals surface area contributed by atoms with Crippen LogP contribution >= 0.6 is 0 Å². The van der Waals surface area contributed by atoms with E-state index in [1.54, 1.807) is 0 Å². The summed E-state index contributed by atoms with van der Waals surface area (Å²) in [4.78, 5) is 29.0. The second kappa shape index (κ2) is 12.5. The second-order valence-corrected chi connectivity index (χ2v) is 21.1. The van der Waals surface area contributed by atoms with E-state index in [4.69, 9.17) is 18.4 Å². The van der Waals surface area contributed by atoms with Gasteiger partial charge in [-0.05, 0) is 42.7 Å². The molecule has 0 aromatic carbocycles. The van der Waals surface area contributed by atoms with Gasteiger partial charge in [0.1, 0.15) is 0 Å². The van der Waals surface area contributed by atoms with Crippen LogP contribution in [0.2, 0.25) is 36.3 Å². The van der Waals surface area contributed by atoms with Crippen LogP contribution in [0.5, 0.6) is 0 Å². The molecule has 0 aliphatic carbocycles. The number of ether oxygens (including phenoxy) is 1. The van der Waals surface area contributed by atoms with Gasteiger partial charge in [0.2, 0.25) is 0 Å². The van der Waals surface area contributed by atoms with Crippen LogP contribution in [-0.4, -0.2) is 73.7 Å². The van der Waals surface area contributed by atoms with E-state index in [1.807, 2.05) is 0 Å². The van der Waals surface area contributed by atoms with Crippen LogP contribution in [0.4, 0.5) is 4.79 Å². The zero-order valence-corrected chi connectivity index (χ0v) is 25.0. The first kappa shape index (κ1) is 31.8. The minimum atomic E-state index is -2.04. The molecule has 8 nitrogen and oxygen atoms in total. The maximum absolute atomic E-state index is 12.4. The normalized spacial score (nSPS) is 13.9. The summed E-state index contributed by atoms with van der Waals surface area (Å²) in [5, 5.41) is 3.96. The maximum atomic E-state index is 12.4. The van der Waals surface area contributed by atoms with Crippen molar-refractivity contribution in [1.29, 1.82) is 0 Å². The highest BCUT2D eigenvalue weighted by atomic mass is 28.4. The van der Waals surface area contributed by atoms with Crippen LogP contribution in [0, 0.1) is 0 Å². The van der Waals surface area contributed by atoms with Gasteiger partial charge >= 0.3 is 6.09 Å². The van der Waals surface area contributed by atoms with Crippen molar-refractivity contribution in [2.75, 3.05) is 34.0 Å². The van der Waals surface area contributed by atoms with E-state index in [2.05, 4.69) is 79.6 Å². The molecule has 0 heterocycles. The molecule has 1 atom stereocenters. The topological polar surface area (TPSA) is 86.3 Å². The van der Waals surface area contributed by atoms with Crippen LogP contribution in [0.15, 0.2) is 12.2 Å². The van der Waals surface area contributed by atoms with E-state index in [1.165, 1.54) is 14.2 Å². The minimum Gasteiger partial charge on any atom is -0.439 e. The highest BCUT2D eigenvalue weighted by Crippen LogP contribution is 2.37. The third-order valence-electron chi connectivity index (χ3n) is 6.85. The quantitative estimate of drug-likeness (QED) is 0.226. The second-order valence-electron chi connectivity index (χ2n) is 11.4. The molecule has 0 aromatic rings. The molecule has 0 aromatic heterocycles. The van der Waals surface area contributed by atoms with Gasteiger partial charge in [0, 0.05) is 13.7 Å². The number of hydrogen-bond donors (Lipinski definition) is 1. The van der Waals surface area contributed by atoms with Gasteiger partial charge in [-0.15, -0.1) is 0 Å². The molecule has 0 fully saturated rings. The van der Waals surface area contributed by atoms with Crippen LogP contribution in [0.25, 0.3) is 0 Å². The molecule has 0 rings (SSSR count). The fraction of sp³-hybridized carbons (Fsp3) is 0.826. The Bertz CT molecular complexity index is 669. The Morgan fingerprint density at radius 1 is 0.970 bits per heavy atom. The molecule has 0 saturated heterocycles.